The summed E-state index contributed by atoms with van der Waals surface area (Å²) < 4.78 is 6.18. The SMILES string of the molecule is Cc1cccc(/C=N/NC(=O)COc2ccc(Br)cc2Cl)c1. The zero-order valence-electron chi connectivity index (χ0n) is 11.8. The van der Waals surface area contributed by atoms with E-state index in [1.807, 2.05) is 31.2 Å². The summed E-state index contributed by atoms with van der Waals surface area (Å²) in [6.45, 7) is 1.83. The molecule has 0 bridgehead atoms. The fourth-order valence-electron chi connectivity index (χ4n) is 1.70. The highest BCUT2D eigenvalue weighted by molar-refractivity contribution is 9.10. The van der Waals surface area contributed by atoms with E-state index in [1.165, 1.54) is 0 Å². The first-order valence-electron chi connectivity index (χ1n) is 6.51. The van der Waals surface area contributed by atoms with E-state index in [-0.39, 0.29) is 12.5 Å². The van der Waals surface area contributed by atoms with Gasteiger partial charge in [0.1, 0.15) is 5.75 Å². The molecule has 0 aliphatic heterocycles. The Morgan fingerprint density at radius 2 is 2.18 bits per heavy atom. The van der Waals surface area contributed by atoms with Crippen LogP contribution < -0.4 is 10.2 Å². The Morgan fingerprint density at radius 3 is 2.91 bits per heavy atom. The normalized spacial score (nSPS) is 10.7. The summed E-state index contributed by atoms with van der Waals surface area (Å²) in [7, 11) is 0. The first-order chi connectivity index (χ1) is 10.5. The highest BCUT2D eigenvalue weighted by atomic mass is 79.9. The molecule has 4 nitrogen and oxygen atoms in total. The van der Waals surface area contributed by atoms with E-state index in [2.05, 4.69) is 26.5 Å². The van der Waals surface area contributed by atoms with E-state index in [9.17, 15) is 4.79 Å². The Hall–Kier alpha value is -1.85. The monoisotopic (exact) mass is 380 g/mol. The van der Waals surface area contributed by atoms with E-state index < -0.39 is 0 Å². The predicted octanol–water partition coefficient (Wildman–Crippen LogP) is 3.94. The highest BCUT2D eigenvalue weighted by Crippen LogP contribution is 2.27. The predicted molar refractivity (Wildman–Crippen MR) is 91.6 cm³/mol. The Morgan fingerprint density at radius 1 is 1.36 bits per heavy atom. The molecular weight excluding hydrogens is 368 g/mol. The summed E-state index contributed by atoms with van der Waals surface area (Å²) in [6.07, 6.45) is 1.58. The lowest BCUT2D eigenvalue weighted by molar-refractivity contribution is -0.123. The van der Waals surface area contributed by atoms with E-state index in [0.717, 1.165) is 15.6 Å². The second kappa shape index (κ2) is 7.96. The Labute approximate surface area is 142 Å². The average Bonchev–Trinajstić information content (AvgIpc) is 2.46. The van der Waals surface area contributed by atoms with Gasteiger partial charge in [-0.2, -0.15) is 5.10 Å². The molecule has 0 unspecified atom stereocenters. The average molecular weight is 382 g/mol. The number of rotatable bonds is 5. The summed E-state index contributed by atoms with van der Waals surface area (Å²) in [5.41, 5.74) is 4.45. The third-order valence-corrected chi connectivity index (χ3v) is 3.49. The summed E-state index contributed by atoms with van der Waals surface area (Å²) in [5, 5.41) is 4.32. The number of carbonyl (C=O) groups excluding carboxylic acids is 1. The van der Waals surface area contributed by atoms with Crippen LogP contribution in [0.5, 0.6) is 5.75 Å². The number of aryl methyl sites for hydroxylation is 1. The van der Waals surface area contributed by atoms with Crippen LogP contribution >= 0.6 is 27.5 Å². The minimum Gasteiger partial charge on any atom is -0.482 e. The minimum atomic E-state index is -0.358. The van der Waals surface area contributed by atoms with E-state index >= 15 is 0 Å². The molecule has 0 saturated heterocycles. The van der Waals surface area contributed by atoms with Crippen LogP contribution in [0.1, 0.15) is 11.1 Å². The van der Waals surface area contributed by atoms with Gasteiger partial charge in [0.2, 0.25) is 0 Å². The fourth-order valence-corrected chi connectivity index (χ4v) is 2.43. The molecule has 2 aromatic carbocycles. The zero-order chi connectivity index (χ0) is 15.9. The number of nitrogens with zero attached hydrogens (tertiary/aromatic N) is 1. The van der Waals surface area contributed by atoms with Gasteiger partial charge in [0, 0.05) is 4.47 Å². The number of benzene rings is 2. The van der Waals surface area contributed by atoms with Gasteiger partial charge in [-0.25, -0.2) is 5.43 Å². The van der Waals surface area contributed by atoms with Gasteiger partial charge >= 0.3 is 0 Å². The van der Waals surface area contributed by atoms with Crippen LogP contribution in [-0.2, 0) is 4.79 Å². The van der Waals surface area contributed by atoms with Crippen molar-refractivity contribution in [3.8, 4) is 5.75 Å². The first-order valence-corrected chi connectivity index (χ1v) is 7.68. The summed E-state index contributed by atoms with van der Waals surface area (Å²) in [6, 6.07) is 13.0. The molecule has 1 amide bonds. The van der Waals surface area contributed by atoms with Crippen molar-refractivity contribution in [3.05, 3.63) is 63.1 Å². The largest absolute Gasteiger partial charge is 0.482 e. The molecule has 0 atom stereocenters. The molecule has 114 valence electrons. The van der Waals surface area contributed by atoms with Crippen molar-refractivity contribution in [2.75, 3.05) is 6.61 Å². The van der Waals surface area contributed by atoms with Crippen LogP contribution in [0.3, 0.4) is 0 Å². The summed E-state index contributed by atoms with van der Waals surface area (Å²) in [5.74, 6) is 0.0885. The number of hydrazone groups is 1. The molecule has 0 aliphatic carbocycles. The van der Waals surface area contributed by atoms with Gasteiger partial charge in [0.15, 0.2) is 6.61 Å². The maximum absolute atomic E-state index is 11.6. The van der Waals surface area contributed by atoms with Gasteiger partial charge in [-0.3, -0.25) is 4.79 Å². The van der Waals surface area contributed by atoms with Gasteiger partial charge in [-0.15, -0.1) is 0 Å². The number of amides is 1. The van der Waals surface area contributed by atoms with Gasteiger partial charge in [-0.05, 0) is 30.7 Å². The molecule has 0 heterocycles. The minimum absolute atomic E-state index is 0.160. The lowest BCUT2D eigenvalue weighted by atomic mass is 10.2. The van der Waals surface area contributed by atoms with Crippen molar-refractivity contribution < 1.29 is 9.53 Å². The van der Waals surface area contributed by atoms with Gasteiger partial charge < -0.3 is 4.74 Å². The molecule has 0 fully saturated rings. The molecule has 0 radical (unpaired) electrons. The van der Waals surface area contributed by atoms with Crippen LogP contribution in [0.2, 0.25) is 5.02 Å². The molecule has 1 N–H and O–H groups in total. The van der Waals surface area contributed by atoms with Gasteiger partial charge in [0.25, 0.3) is 5.91 Å². The topological polar surface area (TPSA) is 50.7 Å². The Kier molecular flexibility index (Phi) is 5.98. The first kappa shape index (κ1) is 16.5. The van der Waals surface area contributed by atoms with Crippen LogP contribution in [0.15, 0.2) is 52.0 Å². The number of hydrogen-bond donors (Lipinski definition) is 1. The smallest absolute Gasteiger partial charge is 0.277 e. The highest BCUT2D eigenvalue weighted by Gasteiger charge is 2.05. The lowest BCUT2D eigenvalue weighted by Gasteiger charge is -2.07. The van der Waals surface area contributed by atoms with Crippen molar-refractivity contribution in [1.29, 1.82) is 0 Å². The zero-order valence-corrected chi connectivity index (χ0v) is 14.2. The van der Waals surface area contributed by atoms with Crippen molar-refractivity contribution in [2.24, 2.45) is 5.10 Å². The molecule has 22 heavy (non-hydrogen) atoms. The van der Waals surface area contributed by atoms with E-state index in [1.54, 1.807) is 24.4 Å². The third kappa shape index (κ3) is 5.16. The quantitative estimate of drug-likeness (QED) is 0.630. The molecule has 2 aromatic rings. The maximum Gasteiger partial charge on any atom is 0.277 e. The molecule has 0 spiro atoms. The van der Waals surface area contributed by atoms with Crippen molar-refractivity contribution in [3.63, 3.8) is 0 Å². The summed E-state index contributed by atoms with van der Waals surface area (Å²) in [4.78, 5) is 11.6. The fraction of sp³-hybridized carbons (Fsp3) is 0.125. The van der Waals surface area contributed by atoms with Crippen LogP contribution in [0.4, 0.5) is 0 Å². The number of halogens is 2. The van der Waals surface area contributed by atoms with Crippen LogP contribution in [0.25, 0.3) is 0 Å². The van der Waals surface area contributed by atoms with E-state index in [0.29, 0.717) is 10.8 Å². The standard InChI is InChI=1S/C16H14BrClN2O2/c1-11-3-2-4-12(7-11)9-19-20-16(21)10-22-15-6-5-13(17)8-14(15)18/h2-9H,10H2,1H3,(H,20,21)/b19-9+. The second-order valence-corrected chi connectivity index (χ2v) is 5.89. The van der Waals surface area contributed by atoms with Crippen molar-refractivity contribution in [2.45, 2.75) is 6.92 Å². The molecule has 2 rings (SSSR count). The van der Waals surface area contributed by atoms with Crippen molar-refractivity contribution >= 4 is 39.7 Å². The molecule has 0 aliphatic rings. The second-order valence-electron chi connectivity index (χ2n) is 4.57. The molecule has 0 aromatic heterocycles. The van der Waals surface area contributed by atoms with Gasteiger partial charge in [0.05, 0.1) is 11.2 Å². The number of hydrogen-bond acceptors (Lipinski definition) is 3. The van der Waals surface area contributed by atoms with E-state index in [4.69, 9.17) is 16.3 Å². The van der Waals surface area contributed by atoms with Crippen LogP contribution in [-0.4, -0.2) is 18.7 Å². The van der Waals surface area contributed by atoms with Crippen LogP contribution in [0, 0.1) is 6.92 Å². The van der Waals surface area contributed by atoms with Gasteiger partial charge in [-0.1, -0.05) is 57.4 Å². The number of nitrogens with one attached hydrogen (secondary N) is 1. The molecular formula is C16H14BrClN2O2. The molecule has 6 heteroatoms. The number of ether oxygens (including phenoxy) is 1. The lowest BCUT2D eigenvalue weighted by Crippen LogP contribution is -2.24. The summed E-state index contributed by atoms with van der Waals surface area (Å²) >= 11 is 9.30. The van der Waals surface area contributed by atoms with Crippen molar-refractivity contribution in [1.82, 2.24) is 5.43 Å². The Balaban J connectivity index is 1.83. The Bertz CT molecular complexity index is 704. The molecule has 0 saturated carbocycles. The third-order valence-electron chi connectivity index (χ3n) is 2.70. The maximum atomic E-state index is 11.6. The number of carbonyl (C=O) groups is 1.